The van der Waals surface area contributed by atoms with Gasteiger partial charge in [0.25, 0.3) is 0 Å². The van der Waals surface area contributed by atoms with Gasteiger partial charge in [-0.05, 0) is 45.4 Å². The van der Waals surface area contributed by atoms with E-state index in [9.17, 15) is 13.2 Å². The van der Waals surface area contributed by atoms with Crippen molar-refractivity contribution in [1.29, 1.82) is 0 Å². The summed E-state index contributed by atoms with van der Waals surface area (Å²) in [5, 5.41) is 3.75. The third-order valence-corrected chi connectivity index (χ3v) is 8.05. The van der Waals surface area contributed by atoms with E-state index >= 15 is 0 Å². The van der Waals surface area contributed by atoms with Gasteiger partial charge in [0, 0.05) is 38.1 Å². The third-order valence-electron chi connectivity index (χ3n) is 5.90. The molecule has 0 spiro atoms. The number of piperidine rings is 2. The first-order chi connectivity index (χ1) is 12.8. The van der Waals surface area contributed by atoms with Crippen molar-refractivity contribution in [2.24, 2.45) is 17.6 Å². The second-order valence-corrected chi connectivity index (χ2v) is 9.76. The molecule has 0 bridgehead atoms. The highest BCUT2D eigenvalue weighted by molar-refractivity contribution is 7.89. The van der Waals surface area contributed by atoms with Crippen molar-refractivity contribution in [3.63, 3.8) is 0 Å². The Morgan fingerprint density at radius 3 is 2.39 bits per heavy atom. The van der Waals surface area contributed by atoms with Crippen molar-refractivity contribution in [2.75, 3.05) is 26.2 Å². The van der Waals surface area contributed by atoms with Gasteiger partial charge < -0.3 is 15.2 Å². The second kappa shape index (κ2) is 9.11. The van der Waals surface area contributed by atoms with Crippen LogP contribution in [0.5, 0.6) is 0 Å². The van der Waals surface area contributed by atoms with E-state index in [1.54, 1.807) is 13.8 Å². The quantitative estimate of drug-likeness (QED) is 0.772. The highest BCUT2D eigenvalue weighted by atomic mass is 35.5. The average Bonchev–Trinajstić information content (AvgIpc) is 3.00. The zero-order valence-corrected chi connectivity index (χ0v) is 18.4. The number of hydrogen-bond donors (Lipinski definition) is 1. The summed E-state index contributed by atoms with van der Waals surface area (Å²) in [6.45, 7) is 7.33. The zero-order chi connectivity index (χ0) is 19.8. The van der Waals surface area contributed by atoms with E-state index in [1.807, 2.05) is 4.90 Å². The number of likely N-dealkylation sites (tertiary alicyclic amines) is 1. The molecule has 2 aliphatic rings. The number of sulfonamides is 1. The van der Waals surface area contributed by atoms with Crippen LogP contribution in [0.2, 0.25) is 0 Å². The number of nitrogens with zero attached hydrogens (tertiary/aromatic N) is 3. The summed E-state index contributed by atoms with van der Waals surface area (Å²) in [4.78, 5) is 15.1. The van der Waals surface area contributed by atoms with Crippen LogP contribution in [0.25, 0.3) is 0 Å². The average molecular weight is 435 g/mol. The molecular formula is C18H31ClN4O4S. The van der Waals surface area contributed by atoms with Crippen LogP contribution in [-0.2, 0) is 14.8 Å². The molecule has 10 heteroatoms. The van der Waals surface area contributed by atoms with Gasteiger partial charge in [0.05, 0.1) is 0 Å². The molecule has 2 atom stereocenters. The molecule has 0 aliphatic carbocycles. The summed E-state index contributed by atoms with van der Waals surface area (Å²) in [6, 6.07) is 0.102. The van der Waals surface area contributed by atoms with Crippen LogP contribution in [0.4, 0.5) is 0 Å². The van der Waals surface area contributed by atoms with Crippen molar-refractivity contribution >= 4 is 28.3 Å². The fraction of sp³-hybridized carbons (Fsp3) is 0.778. The summed E-state index contributed by atoms with van der Waals surface area (Å²) >= 11 is 0. The van der Waals surface area contributed by atoms with E-state index < -0.39 is 10.0 Å². The van der Waals surface area contributed by atoms with Crippen LogP contribution in [0.3, 0.4) is 0 Å². The summed E-state index contributed by atoms with van der Waals surface area (Å²) in [5.74, 6) is 0.888. The smallest absolute Gasteiger partial charge is 0.248 e. The van der Waals surface area contributed by atoms with E-state index in [1.165, 1.54) is 4.31 Å². The van der Waals surface area contributed by atoms with Gasteiger partial charge in [-0.15, -0.1) is 12.4 Å². The second-order valence-electron chi connectivity index (χ2n) is 7.88. The molecule has 1 amide bonds. The largest absolute Gasteiger partial charge is 0.360 e. The van der Waals surface area contributed by atoms with Crippen molar-refractivity contribution < 1.29 is 17.7 Å². The molecule has 2 unspecified atom stereocenters. The molecule has 0 saturated carbocycles. The number of hydrogen-bond acceptors (Lipinski definition) is 6. The number of amides is 1. The summed E-state index contributed by atoms with van der Waals surface area (Å²) < 4.78 is 32.3. The summed E-state index contributed by atoms with van der Waals surface area (Å²) in [5.41, 5.74) is 6.26. The molecule has 160 valence electrons. The van der Waals surface area contributed by atoms with E-state index in [-0.39, 0.29) is 35.2 Å². The van der Waals surface area contributed by atoms with E-state index in [4.69, 9.17) is 10.3 Å². The topological polar surface area (TPSA) is 110 Å². The van der Waals surface area contributed by atoms with E-state index in [0.717, 1.165) is 19.4 Å². The lowest BCUT2D eigenvalue weighted by Gasteiger charge is -2.41. The monoisotopic (exact) mass is 434 g/mol. The van der Waals surface area contributed by atoms with Crippen molar-refractivity contribution in [1.82, 2.24) is 14.4 Å². The Kier molecular flexibility index (Phi) is 7.52. The van der Waals surface area contributed by atoms with Crippen LogP contribution in [0.15, 0.2) is 9.42 Å². The Labute approximate surface area is 173 Å². The van der Waals surface area contributed by atoms with Gasteiger partial charge >= 0.3 is 0 Å². The maximum absolute atomic E-state index is 13.0. The fourth-order valence-corrected chi connectivity index (χ4v) is 6.08. The predicted molar refractivity (Wildman–Crippen MR) is 108 cm³/mol. The highest BCUT2D eigenvalue weighted by Gasteiger charge is 2.38. The molecular weight excluding hydrogens is 404 g/mol. The Balaban J connectivity index is 0.00000280. The molecule has 2 fully saturated rings. The minimum Gasteiger partial charge on any atom is -0.360 e. The zero-order valence-electron chi connectivity index (χ0n) is 16.8. The number of aromatic nitrogens is 1. The van der Waals surface area contributed by atoms with Gasteiger partial charge in [0.2, 0.25) is 15.9 Å². The molecule has 0 aromatic carbocycles. The Morgan fingerprint density at radius 2 is 1.86 bits per heavy atom. The lowest BCUT2D eigenvalue weighted by Crippen LogP contribution is -2.52. The lowest BCUT2D eigenvalue weighted by molar-refractivity contribution is -0.141. The lowest BCUT2D eigenvalue weighted by atomic mass is 9.89. The minimum atomic E-state index is -3.64. The molecule has 28 heavy (non-hydrogen) atoms. The van der Waals surface area contributed by atoms with Crippen molar-refractivity contribution in [3.8, 4) is 0 Å². The highest BCUT2D eigenvalue weighted by Crippen LogP contribution is 2.30. The van der Waals surface area contributed by atoms with E-state index in [2.05, 4.69) is 12.1 Å². The maximum Gasteiger partial charge on any atom is 0.248 e. The molecule has 2 saturated heterocycles. The van der Waals surface area contributed by atoms with Crippen molar-refractivity contribution in [2.45, 2.75) is 57.4 Å². The SMILES string of the molecule is Cc1noc(C)c1S(=O)(=O)N1CCC(C(=O)N2CCC(C)CC2CN)CC1.Cl. The molecule has 1 aromatic heterocycles. The number of aryl methyl sites for hydroxylation is 2. The number of rotatable bonds is 4. The van der Waals surface area contributed by atoms with Gasteiger partial charge in [0.15, 0.2) is 5.76 Å². The standard InChI is InChI=1S/C18H30N4O4S.ClH/c1-12-4-9-22(16(10-12)11-19)18(23)15-5-7-21(8-6-15)27(24,25)17-13(2)20-26-14(17)3;/h12,15-16H,4-11,19H2,1-3H3;1H. The number of carbonyl (C=O) groups is 1. The van der Waals surface area contributed by atoms with E-state index in [0.29, 0.717) is 49.8 Å². The maximum atomic E-state index is 13.0. The molecule has 2 N–H and O–H groups in total. The Bertz CT molecular complexity index is 770. The van der Waals surface area contributed by atoms with Crippen molar-refractivity contribution in [3.05, 3.63) is 11.5 Å². The summed E-state index contributed by atoms with van der Waals surface area (Å²) in [6.07, 6.45) is 3.01. The molecule has 1 aromatic rings. The van der Waals surface area contributed by atoms with Crippen LogP contribution in [0.1, 0.15) is 44.1 Å². The first-order valence-electron chi connectivity index (χ1n) is 9.69. The summed E-state index contributed by atoms with van der Waals surface area (Å²) in [7, 11) is -3.64. The van der Waals surface area contributed by atoms with Gasteiger partial charge in [-0.2, -0.15) is 4.31 Å². The number of carbonyl (C=O) groups excluding carboxylic acids is 1. The molecule has 0 radical (unpaired) electrons. The van der Waals surface area contributed by atoms with Gasteiger partial charge in [-0.25, -0.2) is 8.42 Å². The third kappa shape index (κ3) is 4.37. The van der Waals surface area contributed by atoms with Gasteiger partial charge in [-0.3, -0.25) is 4.79 Å². The van der Waals surface area contributed by atoms with Crippen LogP contribution >= 0.6 is 12.4 Å². The van der Waals surface area contributed by atoms with Crippen LogP contribution in [0, 0.1) is 25.7 Å². The van der Waals surface area contributed by atoms with Crippen LogP contribution in [-0.4, -0.2) is 60.9 Å². The molecule has 3 rings (SSSR count). The van der Waals surface area contributed by atoms with Crippen LogP contribution < -0.4 is 5.73 Å². The predicted octanol–water partition coefficient (Wildman–Crippen LogP) is 1.70. The molecule has 3 heterocycles. The Morgan fingerprint density at radius 1 is 1.21 bits per heavy atom. The van der Waals surface area contributed by atoms with Gasteiger partial charge in [-0.1, -0.05) is 12.1 Å². The first-order valence-corrected chi connectivity index (χ1v) is 11.1. The van der Waals surface area contributed by atoms with Gasteiger partial charge in [0.1, 0.15) is 10.6 Å². The Hall–Kier alpha value is -1.16. The molecule has 2 aliphatic heterocycles. The molecule has 8 nitrogen and oxygen atoms in total. The first kappa shape index (κ1) is 23.1. The fourth-order valence-electron chi connectivity index (χ4n) is 4.31. The minimum absolute atomic E-state index is 0. The number of halogens is 1. The normalized spacial score (nSPS) is 24.8. The number of nitrogens with two attached hydrogens (primary N) is 1.